The number of aryl methyl sites for hydroxylation is 1. The number of rotatable bonds is 4. The van der Waals surface area contributed by atoms with E-state index in [2.05, 4.69) is 44.3 Å². The Morgan fingerprint density at radius 2 is 2.08 bits per heavy atom. The molecule has 3 heterocycles. The third-order valence-corrected chi connectivity index (χ3v) is 6.30. The molecule has 2 fully saturated rings. The van der Waals surface area contributed by atoms with E-state index in [1.54, 1.807) is 11.3 Å². The number of hydrogen-bond acceptors (Lipinski definition) is 4. The number of aliphatic imine (C=N–C) groups is 1. The molecule has 0 aromatic carbocycles. The Morgan fingerprint density at radius 3 is 2.69 bits per heavy atom. The molecule has 7 heteroatoms. The van der Waals surface area contributed by atoms with E-state index in [9.17, 15) is 0 Å². The summed E-state index contributed by atoms with van der Waals surface area (Å²) in [6, 6.07) is 0. The van der Waals surface area contributed by atoms with Crippen molar-refractivity contribution in [2.24, 2.45) is 16.8 Å². The number of guanidine groups is 1. The molecule has 148 valence electrons. The molecule has 0 aliphatic carbocycles. The smallest absolute Gasteiger partial charge is 0.193 e. The molecule has 1 atom stereocenters. The molecule has 0 radical (unpaired) electrons. The second kappa shape index (κ2) is 10.8. The van der Waals surface area contributed by atoms with Gasteiger partial charge in [0.15, 0.2) is 5.96 Å². The Hall–Kier alpha value is -0.410. The van der Waals surface area contributed by atoms with E-state index in [0.29, 0.717) is 0 Å². The van der Waals surface area contributed by atoms with Crippen molar-refractivity contribution in [2.75, 3.05) is 39.8 Å². The van der Waals surface area contributed by atoms with E-state index in [-0.39, 0.29) is 24.0 Å². The van der Waals surface area contributed by atoms with Crippen LogP contribution < -0.4 is 5.32 Å². The second-order valence-corrected chi connectivity index (χ2v) is 8.76. The number of thiazole rings is 1. The Bertz CT molecular complexity index is 568. The normalized spacial score (nSPS) is 23.0. The molecule has 1 aromatic rings. The van der Waals surface area contributed by atoms with Gasteiger partial charge in [-0.2, -0.15) is 0 Å². The van der Waals surface area contributed by atoms with Crippen LogP contribution in [0.4, 0.5) is 0 Å². The number of hydrogen-bond donors (Lipinski definition) is 1. The average Bonchev–Trinajstić information content (AvgIpc) is 3.02. The number of aromatic nitrogens is 1. The lowest BCUT2D eigenvalue weighted by Crippen LogP contribution is -2.48. The third-order valence-electron chi connectivity index (χ3n) is 5.48. The van der Waals surface area contributed by atoms with Crippen LogP contribution in [0.2, 0.25) is 0 Å². The minimum Gasteiger partial charge on any atom is -0.356 e. The zero-order valence-electron chi connectivity index (χ0n) is 16.4. The average molecular weight is 491 g/mol. The van der Waals surface area contributed by atoms with Gasteiger partial charge in [0.1, 0.15) is 0 Å². The number of nitrogens with one attached hydrogen (secondary N) is 1. The first-order valence-electron chi connectivity index (χ1n) is 9.73. The maximum absolute atomic E-state index is 4.60. The van der Waals surface area contributed by atoms with Crippen LogP contribution in [0.15, 0.2) is 10.4 Å². The van der Waals surface area contributed by atoms with Crippen LogP contribution in [0.3, 0.4) is 0 Å². The highest BCUT2D eigenvalue weighted by Gasteiger charge is 2.22. The molecule has 0 amide bonds. The van der Waals surface area contributed by atoms with Crippen LogP contribution in [0.1, 0.15) is 43.3 Å². The van der Waals surface area contributed by atoms with Crippen LogP contribution in [0.25, 0.3) is 0 Å². The summed E-state index contributed by atoms with van der Waals surface area (Å²) < 4.78 is 0. The van der Waals surface area contributed by atoms with Gasteiger partial charge in [0.25, 0.3) is 0 Å². The van der Waals surface area contributed by atoms with Gasteiger partial charge in [0.05, 0.1) is 10.7 Å². The summed E-state index contributed by atoms with van der Waals surface area (Å²) in [6.07, 6.45) is 5.17. The molecule has 0 bridgehead atoms. The fraction of sp³-hybridized carbons (Fsp3) is 0.789. The quantitative estimate of drug-likeness (QED) is 0.397. The first kappa shape index (κ1) is 21.9. The topological polar surface area (TPSA) is 43.8 Å². The Morgan fingerprint density at radius 1 is 1.31 bits per heavy atom. The van der Waals surface area contributed by atoms with E-state index in [4.69, 9.17) is 0 Å². The number of nitrogens with zero attached hydrogens (tertiary/aromatic N) is 4. The monoisotopic (exact) mass is 491 g/mol. The van der Waals surface area contributed by atoms with Gasteiger partial charge >= 0.3 is 0 Å². The van der Waals surface area contributed by atoms with E-state index in [1.165, 1.54) is 49.5 Å². The highest BCUT2D eigenvalue weighted by atomic mass is 127. The van der Waals surface area contributed by atoms with Gasteiger partial charge < -0.3 is 10.2 Å². The first-order valence-corrected chi connectivity index (χ1v) is 10.6. The van der Waals surface area contributed by atoms with E-state index < -0.39 is 0 Å². The Balaban J connectivity index is 0.00000243. The van der Waals surface area contributed by atoms with Crippen LogP contribution in [-0.2, 0) is 6.54 Å². The van der Waals surface area contributed by atoms with Gasteiger partial charge in [-0.1, -0.05) is 6.92 Å². The molecule has 1 aromatic heterocycles. The van der Waals surface area contributed by atoms with Crippen molar-refractivity contribution in [2.45, 2.75) is 46.1 Å². The zero-order chi connectivity index (χ0) is 17.6. The fourth-order valence-electron chi connectivity index (χ4n) is 4.01. The largest absolute Gasteiger partial charge is 0.356 e. The molecule has 1 N–H and O–H groups in total. The summed E-state index contributed by atoms with van der Waals surface area (Å²) in [4.78, 5) is 14.1. The maximum Gasteiger partial charge on any atom is 0.193 e. The lowest BCUT2D eigenvalue weighted by atomic mass is 9.96. The predicted molar refractivity (Wildman–Crippen MR) is 122 cm³/mol. The number of halogens is 1. The Labute approximate surface area is 179 Å². The molecular weight excluding hydrogens is 457 g/mol. The van der Waals surface area contributed by atoms with E-state index in [1.807, 2.05) is 7.05 Å². The summed E-state index contributed by atoms with van der Waals surface area (Å²) in [5.74, 6) is 2.64. The van der Waals surface area contributed by atoms with Crippen molar-refractivity contribution in [3.8, 4) is 0 Å². The molecule has 26 heavy (non-hydrogen) atoms. The summed E-state index contributed by atoms with van der Waals surface area (Å²) >= 11 is 1.76. The standard InChI is InChI=1S/C19H33N5S.HI/c1-15-5-4-8-24(12-15)19(20-3)21-11-17-6-9-23(10-7-17)13-18-14-25-16(2)22-18;/h14-15,17H,4-13H2,1-3H3,(H,20,21);1H. The van der Waals surface area contributed by atoms with Crippen molar-refractivity contribution < 1.29 is 0 Å². The summed E-state index contributed by atoms with van der Waals surface area (Å²) in [6.45, 7) is 11.2. The van der Waals surface area contributed by atoms with Crippen molar-refractivity contribution in [1.82, 2.24) is 20.1 Å². The fourth-order valence-corrected chi connectivity index (χ4v) is 4.61. The zero-order valence-corrected chi connectivity index (χ0v) is 19.6. The lowest BCUT2D eigenvalue weighted by Gasteiger charge is -2.35. The third kappa shape index (κ3) is 6.34. The molecule has 3 rings (SSSR count). The van der Waals surface area contributed by atoms with Gasteiger partial charge in [0.2, 0.25) is 0 Å². The molecule has 0 spiro atoms. The molecule has 2 saturated heterocycles. The van der Waals surface area contributed by atoms with Crippen LogP contribution in [0, 0.1) is 18.8 Å². The van der Waals surface area contributed by atoms with Gasteiger partial charge in [-0.3, -0.25) is 9.89 Å². The molecule has 2 aliphatic heterocycles. The molecule has 5 nitrogen and oxygen atoms in total. The van der Waals surface area contributed by atoms with E-state index in [0.717, 1.165) is 44.0 Å². The van der Waals surface area contributed by atoms with Crippen molar-refractivity contribution in [1.29, 1.82) is 0 Å². The summed E-state index contributed by atoms with van der Waals surface area (Å²) in [5.41, 5.74) is 1.23. The Kier molecular flexibility index (Phi) is 9.09. The number of piperidine rings is 2. The van der Waals surface area contributed by atoms with Crippen molar-refractivity contribution in [3.63, 3.8) is 0 Å². The van der Waals surface area contributed by atoms with Crippen LogP contribution in [0.5, 0.6) is 0 Å². The molecule has 2 aliphatic rings. The van der Waals surface area contributed by atoms with Gasteiger partial charge in [-0.15, -0.1) is 35.3 Å². The maximum atomic E-state index is 4.60. The second-order valence-electron chi connectivity index (χ2n) is 7.70. The van der Waals surface area contributed by atoms with Gasteiger partial charge in [-0.25, -0.2) is 4.98 Å². The summed E-state index contributed by atoms with van der Waals surface area (Å²) in [5, 5.41) is 7.02. The van der Waals surface area contributed by atoms with Crippen LogP contribution >= 0.6 is 35.3 Å². The minimum atomic E-state index is 0. The SMILES string of the molecule is CN=C(NCC1CCN(Cc2csc(C)n2)CC1)N1CCCC(C)C1.I. The summed E-state index contributed by atoms with van der Waals surface area (Å²) in [7, 11) is 1.92. The highest BCUT2D eigenvalue weighted by molar-refractivity contribution is 14.0. The van der Waals surface area contributed by atoms with E-state index >= 15 is 0 Å². The molecule has 1 unspecified atom stereocenters. The lowest BCUT2D eigenvalue weighted by molar-refractivity contribution is 0.175. The van der Waals surface area contributed by atoms with Crippen molar-refractivity contribution in [3.05, 3.63) is 16.1 Å². The predicted octanol–water partition coefficient (Wildman–Crippen LogP) is 3.59. The minimum absolute atomic E-state index is 0. The molecule has 0 saturated carbocycles. The highest BCUT2D eigenvalue weighted by Crippen LogP contribution is 2.20. The van der Waals surface area contributed by atoms with Crippen LogP contribution in [-0.4, -0.2) is 60.5 Å². The van der Waals surface area contributed by atoms with Gasteiger partial charge in [0, 0.05) is 38.6 Å². The molecular formula is C19H34IN5S. The van der Waals surface area contributed by atoms with Gasteiger partial charge in [-0.05, 0) is 57.5 Å². The first-order chi connectivity index (χ1) is 12.1. The number of likely N-dealkylation sites (tertiary alicyclic amines) is 2. The van der Waals surface area contributed by atoms with Crippen molar-refractivity contribution >= 4 is 41.3 Å².